The Morgan fingerprint density at radius 3 is 2.43 bits per heavy atom. The van der Waals surface area contributed by atoms with Gasteiger partial charge in [-0.15, -0.1) is 0 Å². The molecule has 1 atom stereocenters. The van der Waals surface area contributed by atoms with Gasteiger partial charge < -0.3 is 5.32 Å². The summed E-state index contributed by atoms with van der Waals surface area (Å²) in [5.74, 6) is 0.879. The summed E-state index contributed by atoms with van der Waals surface area (Å²) in [5, 5.41) is 3.04. The minimum atomic E-state index is -4.35. The number of aromatic nitrogens is 1. The van der Waals surface area contributed by atoms with Gasteiger partial charge >= 0.3 is 6.18 Å². The summed E-state index contributed by atoms with van der Waals surface area (Å²) < 4.78 is 38.0. The zero-order valence-corrected chi connectivity index (χ0v) is 15.8. The van der Waals surface area contributed by atoms with Crippen LogP contribution in [0, 0.1) is 5.92 Å². The van der Waals surface area contributed by atoms with Gasteiger partial charge in [-0.3, -0.25) is 9.69 Å². The maximum atomic E-state index is 12.7. The molecule has 2 aromatic rings. The normalized spacial score (nSPS) is 16.6. The number of alkyl halides is 3. The van der Waals surface area contributed by atoms with Crippen LogP contribution in [0.5, 0.6) is 0 Å². The van der Waals surface area contributed by atoms with Crippen molar-refractivity contribution >= 4 is 11.7 Å². The molecule has 0 aliphatic carbocycles. The van der Waals surface area contributed by atoms with Crippen molar-refractivity contribution in [3.05, 3.63) is 59.8 Å². The Morgan fingerprint density at radius 2 is 1.86 bits per heavy atom. The average Bonchev–Trinajstić information content (AvgIpc) is 2.72. The molecule has 2 N–H and O–H groups in total. The van der Waals surface area contributed by atoms with E-state index in [1.54, 1.807) is 0 Å². The van der Waals surface area contributed by atoms with Crippen LogP contribution in [0.1, 0.15) is 36.8 Å². The molecule has 0 unspecified atom stereocenters. The van der Waals surface area contributed by atoms with E-state index in [-0.39, 0.29) is 17.7 Å². The molecule has 0 bridgehead atoms. The van der Waals surface area contributed by atoms with Crippen LogP contribution in [0.3, 0.4) is 0 Å². The Bertz CT molecular complexity index is 770. The lowest BCUT2D eigenvalue weighted by molar-refractivity contribution is -0.367. The van der Waals surface area contributed by atoms with Crippen molar-refractivity contribution in [2.75, 3.05) is 24.5 Å². The van der Waals surface area contributed by atoms with Gasteiger partial charge in [-0.1, -0.05) is 37.3 Å². The molecule has 1 aromatic heterocycles. The molecular weight excluding hydrogens is 367 g/mol. The third-order valence-corrected chi connectivity index (χ3v) is 5.28. The highest BCUT2D eigenvalue weighted by atomic mass is 19.4. The fourth-order valence-electron chi connectivity index (χ4n) is 3.47. The molecule has 1 aliphatic rings. The number of aromatic amines is 1. The molecule has 1 aliphatic heterocycles. The first kappa shape index (κ1) is 20.2. The van der Waals surface area contributed by atoms with Gasteiger partial charge in [0.15, 0.2) is 0 Å². The second kappa shape index (κ2) is 8.63. The first-order chi connectivity index (χ1) is 13.3. The zero-order valence-electron chi connectivity index (χ0n) is 15.8. The number of anilines is 1. The van der Waals surface area contributed by atoms with Crippen LogP contribution >= 0.6 is 0 Å². The number of pyridine rings is 1. The molecule has 150 valence electrons. The average molecular weight is 392 g/mol. The number of H-pyrrole nitrogens is 1. The van der Waals surface area contributed by atoms with Crippen LogP contribution in [-0.4, -0.2) is 25.5 Å². The SMILES string of the molecule is C[C@@H](CNC(=O)C1CCN(c2ccc(C(F)(F)F)c[nH+]2)CC1)c1ccccc1. The van der Waals surface area contributed by atoms with Crippen LogP contribution in [0.25, 0.3) is 0 Å². The van der Waals surface area contributed by atoms with Gasteiger partial charge in [0.05, 0.1) is 18.7 Å². The van der Waals surface area contributed by atoms with Crippen LogP contribution in [0.15, 0.2) is 48.7 Å². The predicted octanol–water partition coefficient (Wildman–Crippen LogP) is 3.66. The number of rotatable bonds is 5. The van der Waals surface area contributed by atoms with Crippen LogP contribution in [0.2, 0.25) is 0 Å². The van der Waals surface area contributed by atoms with Crippen molar-refractivity contribution in [1.29, 1.82) is 0 Å². The van der Waals surface area contributed by atoms with Crippen molar-refractivity contribution < 1.29 is 22.9 Å². The summed E-state index contributed by atoms with van der Waals surface area (Å²) in [7, 11) is 0. The molecule has 4 nitrogen and oxygen atoms in total. The number of amides is 1. The van der Waals surface area contributed by atoms with Crippen molar-refractivity contribution in [1.82, 2.24) is 5.32 Å². The van der Waals surface area contributed by atoms with Crippen molar-refractivity contribution in [3.8, 4) is 0 Å². The second-order valence-electron chi connectivity index (χ2n) is 7.28. The fraction of sp³-hybridized carbons (Fsp3) is 0.429. The lowest BCUT2D eigenvalue weighted by Gasteiger charge is -2.27. The van der Waals surface area contributed by atoms with Crippen molar-refractivity contribution in [2.24, 2.45) is 5.92 Å². The van der Waals surface area contributed by atoms with E-state index in [0.717, 1.165) is 12.3 Å². The minimum Gasteiger partial charge on any atom is -0.355 e. The van der Waals surface area contributed by atoms with Crippen molar-refractivity contribution in [3.63, 3.8) is 0 Å². The summed E-state index contributed by atoms with van der Waals surface area (Å²) >= 11 is 0. The molecule has 1 amide bonds. The van der Waals surface area contributed by atoms with Gasteiger partial charge in [0.2, 0.25) is 5.91 Å². The number of hydrogen-bond donors (Lipinski definition) is 1. The molecule has 28 heavy (non-hydrogen) atoms. The van der Waals surface area contributed by atoms with E-state index in [2.05, 4.69) is 29.4 Å². The lowest BCUT2D eigenvalue weighted by Crippen LogP contribution is -2.42. The molecule has 3 rings (SSSR count). The summed E-state index contributed by atoms with van der Waals surface area (Å²) in [4.78, 5) is 17.2. The third kappa shape index (κ3) is 5.03. The number of halogens is 3. The van der Waals surface area contributed by atoms with E-state index in [9.17, 15) is 18.0 Å². The zero-order chi connectivity index (χ0) is 20.1. The third-order valence-electron chi connectivity index (χ3n) is 5.28. The summed E-state index contributed by atoms with van der Waals surface area (Å²) in [6.07, 6.45) is -2.00. The quantitative estimate of drug-likeness (QED) is 0.844. The van der Waals surface area contributed by atoms with Gasteiger partial charge in [0.1, 0.15) is 6.20 Å². The second-order valence-corrected chi connectivity index (χ2v) is 7.28. The Hall–Kier alpha value is -2.57. The molecule has 0 radical (unpaired) electrons. The number of benzene rings is 1. The van der Waals surface area contributed by atoms with E-state index < -0.39 is 11.7 Å². The van der Waals surface area contributed by atoms with Gasteiger partial charge in [0, 0.05) is 18.5 Å². The molecule has 1 aromatic carbocycles. The summed E-state index contributed by atoms with van der Waals surface area (Å²) in [6.45, 7) is 3.94. The molecule has 7 heteroatoms. The smallest absolute Gasteiger partial charge is 0.355 e. The Balaban J connectivity index is 1.47. The fourth-order valence-corrected chi connectivity index (χ4v) is 3.47. The molecule has 1 saturated heterocycles. The van der Waals surface area contributed by atoms with Crippen LogP contribution < -0.4 is 15.2 Å². The number of piperidine rings is 1. The highest BCUT2D eigenvalue weighted by Gasteiger charge is 2.33. The first-order valence-corrected chi connectivity index (χ1v) is 9.51. The standard InChI is InChI=1S/C21H24F3N3O/c1-15(16-5-3-2-4-6-16)13-26-20(28)17-9-11-27(12-10-17)19-8-7-18(14-25-19)21(22,23)24/h2-8,14-15,17H,9-13H2,1H3,(H,26,28)/p+1/t15-/m0/s1. The van der Waals surface area contributed by atoms with Crippen molar-refractivity contribution in [2.45, 2.75) is 31.9 Å². The van der Waals surface area contributed by atoms with Gasteiger partial charge in [0.25, 0.3) is 5.82 Å². The Kier molecular flexibility index (Phi) is 6.21. The maximum Gasteiger partial charge on any atom is 0.419 e. The number of carbonyl (C=O) groups excluding carboxylic acids is 1. The van der Waals surface area contributed by atoms with E-state index in [4.69, 9.17) is 0 Å². The molecule has 1 fully saturated rings. The summed E-state index contributed by atoms with van der Waals surface area (Å²) in [6, 6.07) is 12.6. The number of nitrogens with one attached hydrogen (secondary N) is 2. The minimum absolute atomic E-state index is 0.0545. The number of nitrogens with zero attached hydrogens (tertiary/aromatic N) is 1. The predicted molar refractivity (Wildman–Crippen MR) is 101 cm³/mol. The highest BCUT2D eigenvalue weighted by Crippen LogP contribution is 2.29. The number of hydrogen-bond acceptors (Lipinski definition) is 2. The Labute approximate surface area is 162 Å². The van der Waals surface area contributed by atoms with Gasteiger partial charge in [-0.05, 0) is 30.4 Å². The first-order valence-electron chi connectivity index (χ1n) is 9.51. The van der Waals surface area contributed by atoms with E-state index in [1.807, 2.05) is 23.1 Å². The monoisotopic (exact) mass is 392 g/mol. The number of carbonyl (C=O) groups is 1. The largest absolute Gasteiger partial charge is 0.419 e. The lowest BCUT2D eigenvalue weighted by atomic mass is 9.95. The van der Waals surface area contributed by atoms with Crippen LogP contribution in [-0.2, 0) is 11.0 Å². The molecule has 0 saturated carbocycles. The highest BCUT2D eigenvalue weighted by molar-refractivity contribution is 5.79. The molecule has 0 spiro atoms. The molecular formula is C21H25F3N3O+. The molecule has 2 heterocycles. The van der Waals surface area contributed by atoms with E-state index >= 15 is 0 Å². The van der Waals surface area contributed by atoms with Gasteiger partial charge in [-0.2, -0.15) is 13.2 Å². The maximum absolute atomic E-state index is 12.7. The summed E-state index contributed by atoms with van der Waals surface area (Å²) in [5.41, 5.74) is 0.494. The van der Waals surface area contributed by atoms with Gasteiger partial charge in [-0.25, -0.2) is 4.98 Å². The van der Waals surface area contributed by atoms with E-state index in [1.165, 1.54) is 11.6 Å². The Morgan fingerprint density at radius 1 is 1.18 bits per heavy atom. The topological polar surface area (TPSA) is 46.5 Å². The van der Waals surface area contributed by atoms with E-state index in [0.29, 0.717) is 38.3 Å². The van der Waals surface area contributed by atoms with Crippen LogP contribution in [0.4, 0.5) is 19.0 Å².